The van der Waals surface area contributed by atoms with Crippen LogP contribution in [-0.2, 0) is 13.1 Å². The van der Waals surface area contributed by atoms with E-state index in [4.69, 9.17) is 0 Å². The van der Waals surface area contributed by atoms with E-state index in [0.717, 1.165) is 38.7 Å². The largest absolute Gasteiger partial charge is 0.355 e. The summed E-state index contributed by atoms with van der Waals surface area (Å²) in [7, 11) is 1.81. The molecule has 0 aromatic heterocycles. The van der Waals surface area contributed by atoms with E-state index in [2.05, 4.69) is 78.7 Å². The summed E-state index contributed by atoms with van der Waals surface area (Å²) in [5, 5.41) is 6.78. The highest BCUT2D eigenvalue weighted by Crippen LogP contribution is 2.19. The molecule has 0 aliphatic rings. The molecule has 0 bridgehead atoms. The Bertz CT molecular complexity index is 493. The molecule has 136 valence electrons. The van der Waals surface area contributed by atoms with Crippen LogP contribution in [-0.4, -0.2) is 48.5 Å². The van der Waals surface area contributed by atoms with Crippen molar-refractivity contribution in [1.82, 2.24) is 15.5 Å². The number of hydrogen-bond acceptors (Lipinski definition) is 3. The van der Waals surface area contributed by atoms with Crippen LogP contribution >= 0.6 is 11.8 Å². The summed E-state index contributed by atoms with van der Waals surface area (Å²) in [5.41, 5.74) is 2.64. The molecule has 5 heteroatoms. The van der Waals surface area contributed by atoms with Crippen molar-refractivity contribution in [3.63, 3.8) is 0 Å². The van der Waals surface area contributed by atoms with Crippen LogP contribution in [0.2, 0.25) is 0 Å². The highest BCUT2D eigenvalue weighted by Gasteiger charge is 2.15. The molecule has 0 atom stereocenters. The monoisotopic (exact) mass is 350 g/mol. The number of nitrogens with zero attached hydrogens (tertiary/aromatic N) is 2. The van der Waals surface area contributed by atoms with Gasteiger partial charge in [-0.2, -0.15) is 11.8 Å². The fraction of sp³-hybridized carbons (Fsp3) is 0.632. The fourth-order valence-electron chi connectivity index (χ4n) is 2.24. The Morgan fingerprint density at radius 2 is 1.67 bits per heavy atom. The molecule has 2 N–H and O–H groups in total. The molecule has 0 aliphatic carbocycles. The maximum absolute atomic E-state index is 4.30. The van der Waals surface area contributed by atoms with Crippen LogP contribution < -0.4 is 10.6 Å². The van der Waals surface area contributed by atoms with Crippen molar-refractivity contribution in [1.29, 1.82) is 0 Å². The molecular weight excluding hydrogens is 316 g/mol. The average molecular weight is 351 g/mol. The van der Waals surface area contributed by atoms with E-state index in [1.807, 2.05) is 18.8 Å². The third-order valence-electron chi connectivity index (χ3n) is 4.24. The molecule has 1 aromatic carbocycles. The van der Waals surface area contributed by atoms with Crippen molar-refractivity contribution >= 4 is 17.7 Å². The predicted molar refractivity (Wildman–Crippen MR) is 109 cm³/mol. The lowest BCUT2D eigenvalue weighted by Crippen LogP contribution is -2.42. The van der Waals surface area contributed by atoms with Crippen molar-refractivity contribution in [3.8, 4) is 0 Å². The highest BCUT2D eigenvalue weighted by molar-refractivity contribution is 7.99. The van der Waals surface area contributed by atoms with E-state index in [-0.39, 0.29) is 4.75 Å². The second-order valence-electron chi connectivity index (χ2n) is 6.52. The molecule has 0 radical (unpaired) electrons. The minimum Gasteiger partial charge on any atom is -0.355 e. The molecule has 4 nitrogen and oxygen atoms in total. The molecule has 1 aromatic rings. The van der Waals surface area contributed by atoms with E-state index >= 15 is 0 Å². The van der Waals surface area contributed by atoms with Gasteiger partial charge >= 0.3 is 0 Å². The lowest BCUT2D eigenvalue weighted by atomic mass is 10.1. The van der Waals surface area contributed by atoms with Gasteiger partial charge in [-0.15, -0.1) is 0 Å². The zero-order valence-electron chi connectivity index (χ0n) is 16.1. The Morgan fingerprint density at radius 1 is 1.08 bits per heavy atom. The van der Waals surface area contributed by atoms with Crippen molar-refractivity contribution in [2.75, 3.05) is 32.9 Å². The molecular formula is C19H34N4S. The van der Waals surface area contributed by atoms with Crippen molar-refractivity contribution in [2.45, 2.75) is 45.5 Å². The number of nitrogens with one attached hydrogen (secondary N) is 2. The fourth-order valence-corrected chi connectivity index (χ4v) is 2.46. The molecule has 0 aliphatic heterocycles. The molecule has 0 heterocycles. The van der Waals surface area contributed by atoms with Gasteiger partial charge in [-0.25, -0.2) is 0 Å². The number of aliphatic imine (C=N–C) groups is 1. The van der Waals surface area contributed by atoms with Crippen LogP contribution in [0.4, 0.5) is 0 Å². The first-order valence-electron chi connectivity index (χ1n) is 8.74. The van der Waals surface area contributed by atoms with Crippen LogP contribution in [0.3, 0.4) is 0 Å². The van der Waals surface area contributed by atoms with Crippen LogP contribution in [0.5, 0.6) is 0 Å². The molecule has 0 amide bonds. The number of guanidine groups is 1. The van der Waals surface area contributed by atoms with Gasteiger partial charge in [0, 0.05) is 31.4 Å². The number of thioether (sulfide) groups is 1. The first-order valence-corrected chi connectivity index (χ1v) is 9.96. The lowest BCUT2D eigenvalue weighted by Gasteiger charge is -2.23. The standard InChI is InChI=1S/C19H34N4S/c1-7-23(8-2)14-17-11-9-16(10-12-17)13-21-18(20-5)22-15-19(3,4)24-6/h9-12H,7-8,13-15H2,1-6H3,(H2,20,21,22). The summed E-state index contributed by atoms with van der Waals surface area (Å²) in [5.74, 6) is 0.851. The van der Waals surface area contributed by atoms with Crippen LogP contribution in [0.15, 0.2) is 29.3 Å². The zero-order chi connectivity index (χ0) is 18.0. The molecule has 24 heavy (non-hydrogen) atoms. The minimum absolute atomic E-state index is 0.198. The van der Waals surface area contributed by atoms with Gasteiger partial charge in [-0.3, -0.25) is 9.89 Å². The maximum Gasteiger partial charge on any atom is 0.191 e. The number of benzene rings is 1. The number of hydrogen-bond donors (Lipinski definition) is 2. The summed E-state index contributed by atoms with van der Waals surface area (Å²) in [6.45, 7) is 13.7. The Kier molecular flexibility index (Phi) is 9.22. The molecule has 0 fully saturated rings. The predicted octanol–water partition coefficient (Wildman–Crippen LogP) is 3.34. The normalized spacial score (nSPS) is 12.5. The van der Waals surface area contributed by atoms with Crippen LogP contribution in [0, 0.1) is 0 Å². The summed E-state index contributed by atoms with van der Waals surface area (Å²) < 4.78 is 0.198. The van der Waals surface area contributed by atoms with Crippen molar-refractivity contribution in [2.24, 2.45) is 4.99 Å². The SMILES string of the molecule is CCN(CC)Cc1ccc(CNC(=NC)NCC(C)(C)SC)cc1. The van der Waals surface area contributed by atoms with Crippen LogP contribution in [0.25, 0.3) is 0 Å². The van der Waals surface area contributed by atoms with E-state index in [9.17, 15) is 0 Å². The van der Waals surface area contributed by atoms with Gasteiger partial charge in [0.2, 0.25) is 0 Å². The quantitative estimate of drug-likeness (QED) is 0.529. The summed E-state index contributed by atoms with van der Waals surface area (Å²) in [4.78, 5) is 6.72. The maximum atomic E-state index is 4.30. The Morgan fingerprint density at radius 3 is 2.17 bits per heavy atom. The van der Waals surface area contributed by atoms with Crippen molar-refractivity contribution < 1.29 is 0 Å². The first-order chi connectivity index (χ1) is 11.4. The van der Waals surface area contributed by atoms with E-state index < -0.39 is 0 Å². The smallest absolute Gasteiger partial charge is 0.191 e. The van der Waals surface area contributed by atoms with E-state index in [0.29, 0.717) is 0 Å². The third kappa shape index (κ3) is 7.58. The van der Waals surface area contributed by atoms with Crippen molar-refractivity contribution in [3.05, 3.63) is 35.4 Å². The van der Waals surface area contributed by atoms with E-state index in [1.165, 1.54) is 11.1 Å². The second kappa shape index (κ2) is 10.6. The van der Waals surface area contributed by atoms with Gasteiger partial charge in [-0.1, -0.05) is 38.1 Å². The summed E-state index contributed by atoms with van der Waals surface area (Å²) >= 11 is 1.85. The molecule has 0 saturated heterocycles. The highest BCUT2D eigenvalue weighted by atomic mass is 32.2. The first kappa shape index (κ1) is 20.8. The van der Waals surface area contributed by atoms with Gasteiger partial charge in [0.15, 0.2) is 5.96 Å². The van der Waals surface area contributed by atoms with E-state index in [1.54, 1.807) is 0 Å². The lowest BCUT2D eigenvalue weighted by molar-refractivity contribution is 0.296. The topological polar surface area (TPSA) is 39.7 Å². The Hall–Kier alpha value is -1.20. The Labute approximate surface area is 152 Å². The Balaban J connectivity index is 2.48. The number of rotatable bonds is 9. The molecule has 0 unspecified atom stereocenters. The third-order valence-corrected chi connectivity index (χ3v) is 5.49. The minimum atomic E-state index is 0.198. The summed E-state index contributed by atoms with van der Waals surface area (Å²) in [6.07, 6.45) is 2.14. The second-order valence-corrected chi connectivity index (χ2v) is 8.03. The molecule has 0 saturated carbocycles. The van der Waals surface area contributed by atoms with Gasteiger partial charge in [0.25, 0.3) is 0 Å². The van der Waals surface area contributed by atoms with Gasteiger partial charge < -0.3 is 10.6 Å². The van der Waals surface area contributed by atoms with Gasteiger partial charge in [0.1, 0.15) is 0 Å². The summed E-state index contributed by atoms with van der Waals surface area (Å²) in [6, 6.07) is 8.85. The molecule has 0 spiro atoms. The average Bonchev–Trinajstić information content (AvgIpc) is 2.60. The zero-order valence-corrected chi connectivity index (χ0v) is 17.0. The van der Waals surface area contributed by atoms with Gasteiger partial charge in [-0.05, 0) is 44.3 Å². The van der Waals surface area contributed by atoms with Gasteiger partial charge in [0.05, 0.1) is 0 Å². The van der Waals surface area contributed by atoms with Crippen LogP contribution in [0.1, 0.15) is 38.8 Å². The molecule has 1 rings (SSSR count).